The molecule has 4 aromatic rings. The van der Waals surface area contributed by atoms with Crippen LogP contribution in [0.4, 0.5) is 9.52 Å². The van der Waals surface area contributed by atoms with Crippen LogP contribution in [0.3, 0.4) is 0 Å². The number of benzene rings is 2. The van der Waals surface area contributed by atoms with Gasteiger partial charge in [-0.1, -0.05) is 59.3 Å². The molecule has 0 bridgehead atoms. The summed E-state index contributed by atoms with van der Waals surface area (Å²) in [5.74, 6) is -0.381. The van der Waals surface area contributed by atoms with Crippen molar-refractivity contribution in [2.75, 3.05) is 11.4 Å². The van der Waals surface area contributed by atoms with E-state index in [0.29, 0.717) is 29.3 Å². The maximum Gasteiger partial charge on any atom is 0.278 e. The summed E-state index contributed by atoms with van der Waals surface area (Å²) in [7, 11) is 0. The number of halogens is 2. The second-order valence-corrected chi connectivity index (χ2v) is 9.33. The Morgan fingerprint density at radius 3 is 2.82 bits per heavy atom. The second kappa shape index (κ2) is 9.03. The van der Waals surface area contributed by atoms with E-state index < -0.39 is 11.4 Å². The fourth-order valence-electron chi connectivity index (χ4n) is 4.17. The molecule has 6 nitrogen and oxygen atoms in total. The third kappa shape index (κ3) is 4.28. The molecule has 0 amide bonds. The summed E-state index contributed by atoms with van der Waals surface area (Å²) in [5, 5.41) is 0.538. The molecular weight excluding hydrogens is 463 g/mol. The number of rotatable bonds is 6. The van der Waals surface area contributed by atoms with Crippen molar-refractivity contribution >= 4 is 44.2 Å². The van der Waals surface area contributed by atoms with E-state index in [0.717, 1.165) is 18.4 Å². The van der Waals surface area contributed by atoms with Gasteiger partial charge in [-0.3, -0.25) is 9.59 Å². The van der Waals surface area contributed by atoms with Crippen LogP contribution in [0.2, 0.25) is 5.02 Å². The SMILES string of the molecule is O=C(CCc1ccccc1)[C@H]1CCCN1c1nc2c(=O)[nH]c(-c3cccc(Cl)c3F)nc2s1. The van der Waals surface area contributed by atoms with E-state index in [2.05, 4.69) is 15.0 Å². The number of anilines is 1. The highest BCUT2D eigenvalue weighted by molar-refractivity contribution is 7.21. The molecule has 2 aromatic heterocycles. The summed E-state index contributed by atoms with van der Waals surface area (Å²) in [6, 6.07) is 14.2. The van der Waals surface area contributed by atoms with Gasteiger partial charge in [0.25, 0.3) is 5.56 Å². The van der Waals surface area contributed by atoms with Crippen molar-refractivity contribution in [3.8, 4) is 11.4 Å². The number of nitrogens with zero attached hydrogens (tertiary/aromatic N) is 3. The zero-order valence-electron chi connectivity index (χ0n) is 17.6. The number of aromatic amines is 1. The van der Waals surface area contributed by atoms with Crippen LogP contribution in [0.15, 0.2) is 53.3 Å². The Kier molecular flexibility index (Phi) is 5.95. The van der Waals surface area contributed by atoms with E-state index in [1.165, 1.54) is 23.5 Å². The van der Waals surface area contributed by atoms with Crippen LogP contribution < -0.4 is 10.5 Å². The Morgan fingerprint density at radius 1 is 1.18 bits per heavy atom. The standard InChI is InChI=1S/C24H20ClFN4O2S/c25-16-9-4-8-15(19(16)26)21-28-22(32)20-23(29-21)33-24(27-20)30-13-5-10-17(30)18(31)12-11-14-6-2-1-3-7-14/h1-4,6-9,17H,5,10-13H2,(H,28,29,32)/t17-/m1/s1. The molecule has 3 heterocycles. The number of Topliss-reactive ketones (excluding diaryl/α,β-unsaturated/α-hetero) is 1. The normalized spacial score (nSPS) is 15.9. The van der Waals surface area contributed by atoms with E-state index in [-0.39, 0.29) is 33.8 Å². The molecule has 0 aliphatic carbocycles. The van der Waals surface area contributed by atoms with Crippen LogP contribution in [-0.4, -0.2) is 33.3 Å². The van der Waals surface area contributed by atoms with Gasteiger partial charge in [0.05, 0.1) is 16.6 Å². The lowest BCUT2D eigenvalue weighted by Gasteiger charge is -2.22. The second-order valence-electron chi connectivity index (χ2n) is 7.97. The first-order valence-electron chi connectivity index (χ1n) is 10.7. The summed E-state index contributed by atoms with van der Waals surface area (Å²) < 4.78 is 14.5. The third-order valence-corrected chi connectivity index (χ3v) is 7.12. The first-order chi connectivity index (χ1) is 16.0. The molecule has 33 heavy (non-hydrogen) atoms. The minimum atomic E-state index is -0.643. The number of fused-ring (bicyclic) bond motifs is 1. The number of hydrogen-bond acceptors (Lipinski definition) is 6. The summed E-state index contributed by atoms with van der Waals surface area (Å²) in [5.41, 5.74) is 0.977. The van der Waals surface area contributed by atoms with Gasteiger partial charge < -0.3 is 9.88 Å². The number of carbonyl (C=O) groups is 1. The van der Waals surface area contributed by atoms with Gasteiger partial charge in [0.1, 0.15) is 5.82 Å². The average Bonchev–Trinajstić information content (AvgIpc) is 3.47. The van der Waals surface area contributed by atoms with E-state index in [9.17, 15) is 14.0 Å². The van der Waals surface area contributed by atoms with Crippen molar-refractivity contribution in [2.45, 2.75) is 31.7 Å². The fourth-order valence-corrected chi connectivity index (χ4v) is 5.36. The number of thiazole rings is 1. The van der Waals surface area contributed by atoms with Gasteiger partial charge in [-0.25, -0.2) is 14.4 Å². The maximum atomic E-state index is 14.5. The molecule has 168 valence electrons. The molecule has 5 rings (SSSR count). The van der Waals surface area contributed by atoms with E-state index in [1.54, 1.807) is 6.07 Å². The summed E-state index contributed by atoms with van der Waals surface area (Å²) in [6.07, 6.45) is 2.78. The maximum absolute atomic E-state index is 14.5. The molecule has 0 spiro atoms. The summed E-state index contributed by atoms with van der Waals surface area (Å²) in [4.78, 5) is 39.6. The first kappa shape index (κ1) is 21.7. The largest absolute Gasteiger partial charge is 0.338 e. The first-order valence-corrected chi connectivity index (χ1v) is 11.9. The topological polar surface area (TPSA) is 79.0 Å². The van der Waals surface area contributed by atoms with Crippen molar-refractivity contribution in [3.63, 3.8) is 0 Å². The molecule has 1 atom stereocenters. The molecule has 2 aromatic carbocycles. The van der Waals surface area contributed by atoms with Gasteiger partial charge in [-0.05, 0) is 37.0 Å². The molecule has 1 saturated heterocycles. The number of aryl methyl sites for hydroxylation is 1. The Morgan fingerprint density at radius 2 is 2.00 bits per heavy atom. The molecular formula is C24H20ClFN4O2S. The van der Waals surface area contributed by atoms with Gasteiger partial charge in [-0.15, -0.1) is 0 Å². The number of aromatic nitrogens is 3. The Hall–Kier alpha value is -3.10. The van der Waals surface area contributed by atoms with Crippen molar-refractivity contribution < 1.29 is 9.18 Å². The predicted molar refractivity (Wildman–Crippen MR) is 129 cm³/mol. The lowest BCUT2D eigenvalue weighted by Crippen LogP contribution is -2.36. The predicted octanol–water partition coefficient (Wildman–Crippen LogP) is 5.01. The van der Waals surface area contributed by atoms with Crippen molar-refractivity contribution in [2.24, 2.45) is 0 Å². The number of hydrogen-bond donors (Lipinski definition) is 1. The number of ketones is 1. The zero-order chi connectivity index (χ0) is 22.9. The van der Waals surface area contributed by atoms with Gasteiger partial charge in [0, 0.05) is 13.0 Å². The molecule has 0 radical (unpaired) electrons. The average molecular weight is 483 g/mol. The van der Waals surface area contributed by atoms with Crippen LogP contribution in [0.5, 0.6) is 0 Å². The minimum Gasteiger partial charge on any atom is -0.338 e. The van der Waals surface area contributed by atoms with E-state index in [1.807, 2.05) is 35.2 Å². The molecule has 1 aliphatic heterocycles. The van der Waals surface area contributed by atoms with Crippen LogP contribution >= 0.6 is 22.9 Å². The van der Waals surface area contributed by atoms with Gasteiger partial charge in [0.15, 0.2) is 27.1 Å². The Labute approximate surface area is 198 Å². The van der Waals surface area contributed by atoms with Gasteiger partial charge in [-0.2, -0.15) is 0 Å². The van der Waals surface area contributed by atoms with Crippen LogP contribution in [0.1, 0.15) is 24.8 Å². The molecule has 0 saturated carbocycles. The third-order valence-electron chi connectivity index (χ3n) is 5.84. The number of carbonyl (C=O) groups excluding carboxylic acids is 1. The monoisotopic (exact) mass is 482 g/mol. The smallest absolute Gasteiger partial charge is 0.278 e. The van der Waals surface area contributed by atoms with Crippen LogP contribution in [0, 0.1) is 5.82 Å². The van der Waals surface area contributed by atoms with Crippen LogP contribution in [0.25, 0.3) is 21.7 Å². The number of H-pyrrole nitrogens is 1. The van der Waals surface area contributed by atoms with Gasteiger partial charge in [0.2, 0.25) is 0 Å². The summed E-state index contributed by atoms with van der Waals surface area (Å²) >= 11 is 7.12. The Balaban J connectivity index is 1.42. The molecule has 1 N–H and O–H groups in total. The zero-order valence-corrected chi connectivity index (χ0v) is 19.1. The molecule has 1 fully saturated rings. The molecule has 9 heteroatoms. The quantitative estimate of drug-likeness (QED) is 0.418. The fraction of sp³-hybridized carbons (Fsp3) is 0.250. The lowest BCUT2D eigenvalue weighted by molar-refractivity contribution is -0.120. The van der Waals surface area contributed by atoms with Crippen molar-refractivity contribution in [1.82, 2.24) is 15.0 Å². The molecule has 0 unspecified atom stereocenters. The van der Waals surface area contributed by atoms with Crippen molar-refractivity contribution in [3.05, 3.63) is 75.3 Å². The summed E-state index contributed by atoms with van der Waals surface area (Å²) in [6.45, 7) is 0.690. The van der Waals surface area contributed by atoms with Crippen LogP contribution in [-0.2, 0) is 11.2 Å². The highest BCUT2D eigenvalue weighted by Gasteiger charge is 2.32. The lowest BCUT2D eigenvalue weighted by atomic mass is 10.0. The highest BCUT2D eigenvalue weighted by atomic mass is 35.5. The molecule has 1 aliphatic rings. The van der Waals surface area contributed by atoms with Crippen molar-refractivity contribution in [1.29, 1.82) is 0 Å². The van der Waals surface area contributed by atoms with E-state index >= 15 is 0 Å². The minimum absolute atomic E-state index is 0.0471. The Bertz CT molecular complexity index is 1390. The van der Waals surface area contributed by atoms with E-state index in [4.69, 9.17) is 11.6 Å². The highest BCUT2D eigenvalue weighted by Crippen LogP contribution is 2.33. The number of nitrogens with one attached hydrogen (secondary N) is 1. The van der Waals surface area contributed by atoms with Gasteiger partial charge >= 0.3 is 0 Å².